The van der Waals surface area contributed by atoms with Crippen LogP contribution in [0.25, 0.3) is 0 Å². The minimum Gasteiger partial charge on any atom is -0.421 e. The number of ether oxygens (including phenoxy) is 2. The fourth-order valence-corrected chi connectivity index (χ4v) is 1.85. The van der Waals surface area contributed by atoms with E-state index in [1.165, 1.54) is 13.8 Å². The number of alkyl halides is 1. The Morgan fingerprint density at radius 2 is 1.71 bits per heavy atom. The molecule has 0 bridgehead atoms. The highest BCUT2D eigenvalue weighted by atomic mass is 79.9. The highest BCUT2D eigenvalue weighted by molar-refractivity contribution is 9.08. The Morgan fingerprint density at radius 3 is 2.18 bits per heavy atom. The van der Waals surface area contributed by atoms with E-state index in [-0.39, 0.29) is 0 Å². The summed E-state index contributed by atoms with van der Waals surface area (Å²) in [6.45, 7) is 2.54. The number of hydrogen-bond donors (Lipinski definition) is 0. The van der Waals surface area contributed by atoms with E-state index < -0.39 is 18.2 Å². The number of esters is 2. The van der Waals surface area contributed by atoms with Crippen molar-refractivity contribution in [3.05, 3.63) is 35.4 Å². The normalized spacial score (nSPS) is 10.1. The second kappa shape index (κ2) is 6.39. The van der Waals surface area contributed by atoms with Gasteiger partial charge in [-0.15, -0.1) is 0 Å². The van der Waals surface area contributed by atoms with Crippen LogP contribution in [0.15, 0.2) is 24.3 Å². The Balaban J connectivity index is 3.02. The van der Waals surface area contributed by atoms with Crippen LogP contribution in [0.1, 0.15) is 31.3 Å². The zero-order chi connectivity index (χ0) is 12.8. The molecule has 0 saturated carbocycles. The molecule has 0 spiro atoms. The van der Waals surface area contributed by atoms with E-state index in [0.717, 1.165) is 5.56 Å². The van der Waals surface area contributed by atoms with Crippen molar-refractivity contribution in [2.75, 3.05) is 0 Å². The van der Waals surface area contributed by atoms with Crippen molar-refractivity contribution in [1.29, 1.82) is 0 Å². The Bertz CT molecular complexity index is 401. The largest absolute Gasteiger partial charge is 0.421 e. The molecule has 0 fully saturated rings. The molecule has 0 amide bonds. The molecular weight excluding hydrogens is 288 g/mol. The Morgan fingerprint density at radius 1 is 1.18 bits per heavy atom. The molecule has 0 atom stereocenters. The maximum absolute atomic E-state index is 11.0. The van der Waals surface area contributed by atoms with Gasteiger partial charge in [0.1, 0.15) is 0 Å². The predicted octanol–water partition coefficient (Wildman–Crippen LogP) is 2.71. The van der Waals surface area contributed by atoms with Crippen LogP contribution in [0.4, 0.5) is 0 Å². The predicted molar refractivity (Wildman–Crippen MR) is 65.3 cm³/mol. The molecule has 92 valence electrons. The lowest BCUT2D eigenvalue weighted by molar-refractivity contribution is -0.186. The van der Waals surface area contributed by atoms with Gasteiger partial charge in [-0.1, -0.05) is 40.2 Å². The van der Waals surface area contributed by atoms with E-state index >= 15 is 0 Å². The number of rotatable bonds is 4. The zero-order valence-electron chi connectivity index (χ0n) is 9.60. The average Bonchev–Trinajstić information content (AvgIpc) is 2.27. The third kappa shape index (κ3) is 4.19. The number of benzene rings is 1. The topological polar surface area (TPSA) is 52.6 Å². The summed E-state index contributed by atoms with van der Waals surface area (Å²) in [6.07, 6.45) is -0.987. The van der Waals surface area contributed by atoms with Crippen LogP contribution >= 0.6 is 15.9 Å². The summed E-state index contributed by atoms with van der Waals surface area (Å²) in [5.74, 6) is -0.999. The second-order valence-electron chi connectivity index (χ2n) is 3.38. The number of carbonyl (C=O) groups is 2. The molecule has 5 heteroatoms. The van der Waals surface area contributed by atoms with Gasteiger partial charge in [-0.25, -0.2) is 0 Å². The van der Waals surface area contributed by atoms with Crippen molar-refractivity contribution in [3.63, 3.8) is 0 Å². The number of hydrogen-bond acceptors (Lipinski definition) is 4. The highest BCUT2D eigenvalue weighted by Gasteiger charge is 2.20. The van der Waals surface area contributed by atoms with Gasteiger partial charge >= 0.3 is 11.9 Å². The summed E-state index contributed by atoms with van der Waals surface area (Å²) in [4.78, 5) is 22.0. The maximum Gasteiger partial charge on any atom is 0.305 e. The first-order valence-corrected chi connectivity index (χ1v) is 6.15. The van der Waals surface area contributed by atoms with Crippen LogP contribution in [0.5, 0.6) is 0 Å². The van der Waals surface area contributed by atoms with Crippen LogP contribution in [0.3, 0.4) is 0 Å². The summed E-state index contributed by atoms with van der Waals surface area (Å²) in [5, 5.41) is 0.586. The zero-order valence-corrected chi connectivity index (χ0v) is 11.2. The van der Waals surface area contributed by atoms with Gasteiger partial charge in [0, 0.05) is 24.7 Å². The van der Waals surface area contributed by atoms with Gasteiger partial charge in [-0.2, -0.15) is 0 Å². The monoisotopic (exact) mass is 300 g/mol. The lowest BCUT2D eigenvalue weighted by atomic mass is 10.1. The summed E-state index contributed by atoms with van der Waals surface area (Å²) in [5.41, 5.74) is 1.56. The van der Waals surface area contributed by atoms with Crippen molar-refractivity contribution in [3.8, 4) is 0 Å². The van der Waals surface area contributed by atoms with Crippen molar-refractivity contribution in [2.24, 2.45) is 0 Å². The maximum atomic E-state index is 11.0. The molecule has 0 N–H and O–H groups in total. The van der Waals surface area contributed by atoms with E-state index in [2.05, 4.69) is 15.9 Å². The van der Waals surface area contributed by atoms with Crippen molar-refractivity contribution < 1.29 is 19.1 Å². The van der Waals surface area contributed by atoms with Gasteiger partial charge in [0.15, 0.2) is 0 Å². The minimum atomic E-state index is -0.987. The summed E-state index contributed by atoms with van der Waals surface area (Å²) in [7, 11) is 0. The molecule has 0 aliphatic heterocycles. The molecule has 0 unspecified atom stereocenters. The third-order valence-electron chi connectivity index (χ3n) is 2.00. The molecule has 0 saturated heterocycles. The smallest absolute Gasteiger partial charge is 0.305 e. The molecule has 0 aromatic heterocycles. The van der Waals surface area contributed by atoms with Crippen LogP contribution in [-0.2, 0) is 24.4 Å². The van der Waals surface area contributed by atoms with Gasteiger partial charge in [0.2, 0.25) is 0 Å². The molecule has 17 heavy (non-hydrogen) atoms. The molecule has 4 nitrogen and oxygen atoms in total. The Hall–Kier alpha value is -1.36. The van der Waals surface area contributed by atoms with Gasteiger partial charge in [0.05, 0.1) is 0 Å². The molecule has 1 aromatic carbocycles. The molecule has 1 rings (SSSR count). The fourth-order valence-electron chi connectivity index (χ4n) is 1.34. The molecule has 0 aliphatic carbocycles. The Labute approximate surface area is 108 Å². The lowest BCUT2D eigenvalue weighted by Gasteiger charge is -2.19. The quantitative estimate of drug-likeness (QED) is 0.487. The summed E-state index contributed by atoms with van der Waals surface area (Å²) in [6, 6.07) is 7.28. The van der Waals surface area contributed by atoms with E-state index in [1.807, 2.05) is 12.1 Å². The SMILES string of the molecule is CC(=O)OC(OC(C)=O)c1ccccc1CBr. The summed E-state index contributed by atoms with van der Waals surface area (Å²) >= 11 is 3.33. The van der Waals surface area contributed by atoms with Crippen LogP contribution in [0, 0.1) is 0 Å². The average molecular weight is 301 g/mol. The highest BCUT2D eigenvalue weighted by Crippen LogP contribution is 2.24. The van der Waals surface area contributed by atoms with Gasteiger partial charge < -0.3 is 9.47 Å². The first-order valence-electron chi connectivity index (χ1n) is 5.02. The van der Waals surface area contributed by atoms with E-state index in [0.29, 0.717) is 10.9 Å². The summed E-state index contributed by atoms with van der Waals surface area (Å²) < 4.78 is 9.97. The van der Waals surface area contributed by atoms with Crippen LogP contribution < -0.4 is 0 Å². The Kier molecular flexibility index (Phi) is 5.15. The third-order valence-corrected chi connectivity index (χ3v) is 2.60. The van der Waals surface area contributed by atoms with Crippen LogP contribution in [0.2, 0.25) is 0 Å². The lowest BCUT2D eigenvalue weighted by Crippen LogP contribution is -2.16. The van der Waals surface area contributed by atoms with Crippen LogP contribution in [-0.4, -0.2) is 11.9 Å². The van der Waals surface area contributed by atoms with Crippen molar-refractivity contribution in [2.45, 2.75) is 25.5 Å². The molecular formula is C12H13BrO4. The van der Waals surface area contributed by atoms with E-state index in [9.17, 15) is 9.59 Å². The molecule has 0 radical (unpaired) electrons. The van der Waals surface area contributed by atoms with Gasteiger partial charge in [-0.05, 0) is 5.56 Å². The molecule has 0 aliphatic rings. The molecule has 1 aromatic rings. The fraction of sp³-hybridized carbons (Fsp3) is 0.333. The van der Waals surface area contributed by atoms with Gasteiger partial charge in [0.25, 0.3) is 6.29 Å². The minimum absolute atomic E-state index is 0.499. The van der Waals surface area contributed by atoms with Crippen molar-refractivity contribution in [1.82, 2.24) is 0 Å². The standard InChI is InChI=1S/C12H13BrO4/c1-8(14)16-12(17-9(2)15)11-6-4-3-5-10(11)7-13/h3-6,12H,7H2,1-2H3. The van der Waals surface area contributed by atoms with Gasteiger partial charge in [-0.3, -0.25) is 9.59 Å². The first-order chi connectivity index (χ1) is 8.04. The second-order valence-corrected chi connectivity index (χ2v) is 3.94. The van der Waals surface area contributed by atoms with E-state index in [1.54, 1.807) is 12.1 Å². The first kappa shape index (κ1) is 13.7. The number of halogens is 1. The van der Waals surface area contributed by atoms with Crippen molar-refractivity contribution >= 4 is 27.9 Å². The molecule has 0 heterocycles. The van der Waals surface area contributed by atoms with E-state index in [4.69, 9.17) is 9.47 Å². The number of carbonyl (C=O) groups excluding carboxylic acids is 2.